The van der Waals surface area contributed by atoms with Crippen LogP contribution in [-0.4, -0.2) is 68.0 Å². The van der Waals surface area contributed by atoms with E-state index in [0.717, 1.165) is 0 Å². The molecule has 29 heavy (non-hydrogen) atoms. The molecule has 2 aliphatic rings. The van der Waals surface area contributed by atoms with Gasteiger partial charge in [0, 0.05) is 16.9 Å². The first kappa shape index (κ1) is 20.3. The summed E-state index contributed by atoms with van der Waals surface area (Å²) in [7, 11) is 0. The van der Waals surface area contributed by atoms with E-state index >= 15 is 0 Å². The fourth-order valence-corrected chi connectivity index (χ4v) is 4.31. The Morgan fingerprint density at radius 1 is 1.14 bits per heavy atom. The van der Waals surface area contributed by atoms with Crippen molar-refractivity contribution >= 4 is 34.3 Å². The summed E-state index contributed by atoms with van der Waals surface area (Å²) in [4.78, 5) is 24.9. The van der Waals surface area contributed by atoms with Crippen molar-refractivity contribution in [2.75, 3.05) is 0 Å². The number of furan rings is 1. The number of benzene rings is 1. The number of carbonyl (C=O) groups excluding carboxylic acids is 1. The predicted molar refractivity (Wildman–Crippen MR) is 97.2 cm³/mol. The number of hydrogen-bond donors (Lipinski definition) is 5. The fourth-order valence-electron chi connectivity index (χ4n) is 4.04. The molecule has 1 aromatic carbocycles. The Hall–Kier alpha value is -2.01. The standard InChI is InChI=1S/C19H19ClO9/c20-10-4-8(3-7-1-2-28-16(7)10)12(21)9-5-19(9,18(26)27)6-11-13(22)14(23)15(24)17(25)29-11/h1-4,9,11,13-15,17,22-25H,5-6H2,(H,26,27)/t9-,11?,13-,14+,15-,17?,19+/m1/s1. The summed E-state index contributed by atoms with van der Waals surface area (Å²) in [5.74, 6) is -2.57. The van der Waals surface area contributed by atoms with Gasteiger partial charge in [-0.3, -0.25) is 9.59 Å². The summed E-state index contributed by atoms with van der Waals surface area (Å²) in [5.41, 5.74) is -0.871. The topological polar surface area (TPSA) is 158 Å². The minimum atomic E-state index is -1.78. The molecule has 2 heterocycles. The third-order valence-corrected chi connectivity index (χ3v) is 6.14. The third-order valence-electron chi connectivity index (χ3n) is 5.86. The van der Waals surface area contributed by atoms with Crippen LogP contribution in [0.5, 0.6) is 0 Å². The number of carbonyl (C=O) groups is 2. The lowest BCUT2D eigenvalue weighted by Gasteiger charge is -2.39. The van der Waals surface area contributed by atoms with E-state index in [2.05, 4.69) is 0 Å². The van der Waals surface area contributed by atoms with Gasteiger partial charge in [0.25, 0.3) is 0 Å². The first-order chi connectivity index (χ1) is 13.7. The van der Waals surface area contributed by atoms with E-state index < -0.39 is 53.8 Å². The van der Waals surface area contributed by atoms with Gasteiger partial charge in [0.2, 0.25) is 0 Å². The molecule has 0 amide bonds. The molecule has 1 saturated heterocycles. The Morgan fingerprint density at radius 2 is 1.86 bits per heavy atom. The molecule has 0 bridgehead atoms. The number of fused-ring (bicyclic) bond motifs is 1. The largest absolute Gasteiger partial charge is 0.481 e. The Bertz CT molecular complexity index is 972. The van der Waals surface area contributed by atoms with E-state index in [0.29, 0.717) is 11.0 Å². The maximum Gasteiger partial charge on any atom is 0.310 e. The number of Topliss-reactive ketones (excluding diaryl/α,β-unsaturated/α-hetero) is 1. The number of aliphatic carboxylic acids is 1. The van der Waals surface area contributed by atoms with Crippen molar-refractivity contribution in [2.24, 2.45) is 11.3 Å². The van der Waals surface area contributed by atoms with Gasteiger partial charge in [-0.15, -0.1) is 0 Å². The minimum absolute atomic E-state index is 0.00351. The Kier molecular flexibility index (Phi) is 4.93. The van der Waals surface area contributed by atoms with Crippen LogP contribution < -0.4 is 0 Å². The maximum atomic E-state index is 13.0. The molecule has 1 aliphatic heterocycles. The molecule has 2 unspecified atom stereocenters. The smallest absolute Gasteiger partial charge is 0.310 e. The molecule has 2 aromatic rings. The number of ether oxygens (including phenoxy) is 1. The summed E-state index contributed by atoms with van der Waals surface area (Å²) in [6.45, 7) is 0. The molecule has 1 saturated carbocycles. The molecule has 2 fully saturated rings. The highest BCUT2D eigenvalue weighted by atomic mass is 35.5. The average molecular weight is 427 g/mol. The summed E-state index contributed by atoms with van der Waals surface area (Å²) >= 11 is 6.13. The molecule has 0 radical (unpaired) electrons. The van der Waals surface area contributed by atoms with Gasteiger partial charge in [0.05, 0.1) is 22.8 Å². The summed E-state index contributed by atoms with van der Waals surface area (Å²) in [6.07, 6.45) is -6.97. The number of carboxylic acids is 1. The van der Waals surface area contributed by atoms with Crippen molar-refractivity contribution in [3.8, 4) is 0 Å². The first-order valence-electron chi connectivity index (χ1n) is 8.98. The van der Waals surface area contributed by atoms with Gasteiger partial charge in [-0.25, -0.2) is 0 Å². The zero-order valence-electron chi connectivity index (χ0n) is 14.9. The Balaban J connectivity index is 1.57. The number of halogens is 1. The van der Waals surface area contributed by atoms with E-state index in [4.69, 9.17) is 20.8 Å². The number of hydrogen-bond acceptors (Lipinski definition) is 8. The molecule has 1 aromatic heterocycles. The minimum Gasteiger partial charge on any atom is -0.481 e. The van der Waals surface area contributed by atoms with Crippen molar-refractivity contribution in [3.63, 3.8) is 0 Å². The van der Waals surface area contributed by atoms with Crippen LogP contribution in [0.3, 0.4) is 0 Å². The van der Waals surface area contributed by atoms with Gasteiger partial charge in [0.15, 0.2) is 17.7 Å². The lowest BCUT2D eigenvalue weighted by atomic mass is 9.87. The van der Waals surface area contributed by atoms with Crippen LogP contribution in [0.1, 0.15) is 23.2 Å². The van der Waals surface area contributed by atoms with Gasteiger partial charge >= 0.3 is 5.97 Å². The predicted octanol–water partition coefficient (Wildman–Crippen LogP) is 0.550. The number of aliphatic hydroxyl groups excluding tert-OH is 4. The molecular weight excluding hydrogens is 408 g/mol. The second-order valence-corrected chi connectivity index (χ2v) is 8.03. The van der Waals surface area contributed by atoms with E-state index in [1.54, 1.807) is 12.1 Å². The highest BCUT2D eigenvalue weighted by Gasteiger charge is 2.65. The SMILES string of the molecule is O=C(c1cc(Cl)c2occc2c1)[C@H]1C[C@@]1(CC1OC(O)[C@H](O)[C@@H](O)[C@@H]1O)C(=O)O. The highest BCUT2D eigenvalue weighted by molar-refractivity contribution is 6.35. The van der Waals surface area contributed by atoms with Crippen molar-refractivity contribution < 1.29 is 44.3 Å². The van der Waals surface area contributed by atoms with Crippen molar-refractivity contribution in [1.82, 2.24) is 0 Å². The molecular formula is C19H19ClO9. The average Bonchev–Trinajstić information content (AvgIpc) is 3.21. The lowest BCUT2D eigenvalue weighted by Crippen LogP contribution is -2.58. The van der Waals surface area contributed by atoms with E-state index in [-0.39, 0.29) is 23.4 Å². The van der Waals surface area contributed by atoms with Crippen molar-refractivity contribution in [2.45, 2.75) is 43.5 Å². The summed E-state index contributed by atoms with van der Waals surface area (Å²) in [5, 5.41) is 49.8. The second kappa shape index (κ2) is 7.05. The maximum absolute atomic E-state index is 13.0. The molecule has 10 heteroatoms. The van der Waals surface area contributed by atoms with E-state index in [9.17, 15) is 35.1 Å². The Morgan fingerprint density at radius 3 is 2.55 bits per heavy atom. The number of rotatable bonds is 5. The van der Waals surface area contributed by atoms with Crippen LogP contribution in [0.4, 0.5) is 0 Å². The number of aliphatic hydroxyl groups is 4. The van der Waals surface area contributed by atoms with Crippen LogP contribution in [0.15, 0.2) is 28.9 Å². The monoisotopic (exact) mass is 426 g/mol. The lowest BCUT2D eigenvalue weighted by molar-refractivity contribution is -0.284. The third kappa shape index (κ3) is 3.24. The number of ketones is 1. The van der Waals surface area contributed by atoms with E-state index in [1.165, 1.54) is 12.3 Å². The molecule has 4 rings (SSSR count). The second-order valence-electron chi connectivity index (χ2n) is 7.62. The van der Waals surface area contributed by atoms with E-state index in [1.807, 2.05) is 0 Å². The zero-order valence-corrected chi connectivity index (χ0v) is 15.7. The summed E-state index contributed by atoms with van der Waals surface area (Å²) in [6, 6.07) is 4.61. The molecule has 5 N–H and O–H groups in total. The quantitative estimate of drug-likeness (QED) is 0.430. The normalized spacial score (nSPS) is 36.9. The van der Waals surface area contributed by atoms with Gasteiger partial charge in [0.1, 0.15) is 18.3 Å². The van der Waals surface area contributed by atoms with Crippen LogP contribution in [0, 0.1) is 11.3 Å². The Labute approximate surface area is 169 Å². The molecule has 156 valence electrons. The molecule has 0 spiro atoms. The number of carboxylic acid groups (broad SMARTS) is 1. The molecule has 1 aliphatic carbocycles. The molecule has 7 atom stereocenters. The van der Waals surface area contributed by atoms with Crippen molar-refractivity contribution in [1.29, 1.82) is 0 Å². The van der Waals surface area contributed by atoms with Crippen LogP contribution in [-0.2, 0) is 9.53 Å². The van der Waals surface area contributed by atoms with Crippen LogP contribution in [0.2, 0.25) is 5.02 Å². The van der Waals surface area contributed by atoms with Gasteiger partial charge in [-0.1, -0.05) is 11.6 Å². The highest BCUT2D eigenvalue weighted by Crippen LogP contribution is 2.58. The zero-order chi connectivity index (χ0) is 21.1. The van der Waals surface area contributed by atoms with Crippen molar-refractivity contribution in [3.05, 3.63) is 35.0 Å². The van der Waals surface area contributed by atoms with Crippen LogP contribution >= 0.6 is 11.6 Å². The van der Waals surface area contributed by atoms with Crippen LogP contribution in [0.25, 0.3) is 11.0 Å². The van der Waals surface area contributed by atoms with Gasteiger partial charge < -0.3 is 34.7 Å². The fraction of sp³-hybridized carbons (Fsp3) is 0.474. The summed E-state index contributed by atoms with van der Waals surface area (Å²) < 4.78 is 10.3. The molecule has 9 nitrogen and oxygen atoms in total. The van der Waals surface area contributed by atoms with Gasteiger partial charge in [-0.2, -0.15) is 0 Å². The first-order valence-corrected chi connectivity index (χ1v) is 9.35. The van der Waals surface area contributed by atoms with Gasteiger partial charge in [-0.05, 0) is 31.0 Å².